The molecule has 1 nitrogen and oxygen atoms in total. The zero-order chi connectivity index (χ0) is 17.1. The van der Waals surface area contributed by atoms with Gasteiger partial charge in [-0.1, -0.05) is 123 Å². The predicted octanol–water partition coefficient (Wildman–Crippen LogP) is 8.81. The molecule has 1 aromatic carbocycles. The normalized spacial score (nSPS) is 10.3. The summed E-state index contributed by atoms with van der Waals surface area (Å²) in [6, 6.07) is 0. The number of aromatic hydroxyl groups is 1. The molecule has 0 amide bonds. The predicted molar refractivity (Wildman–Crippen MR) is 101 cm³/mol. The lowest BCUT2D eigenvalue weighted by atomic mass is 10.1. The molecule has 1 aromatic rings. The molecule has 0 heterocycles. The van der Waals surface area contributed by atoms with E-state index < -0.39 is 0 Å². The van der Waals surface area contributed by atoms with Crippen LogP contribution < -0.4 is 0 Å². The number of benzene rings is 1. The Balaban J connectivity index is 0.000000409. The van der Waals surface area contributed by atoms with Crippen LogP contribution in [0.1, 0.15) is 65.2 Å². The molecule has 128 valence electrons. The summed E-state index contributed by atoms with van der Waals surface area (Å²) >= 11 is 27.9. The lowest BCUT2D eigenvalue weighted by Crippen LogP contribution is -1.78. The molecule has 0 aliphatic carbocycles. The quantitative estimate of drug-likeness (QED) is 0.271. The van der Waals surface area contributed by atoms with Crippen LogP contribution in [0, 0.1) is 0 Å². The molecule has 0 unspecified atom stereocenters. The van der Waals surface area contributed by atoms with E-state index in [0.29, 0.717) is 0 Å². The van der Waals surface area contributed by atoms with Crippen LogP contribution in [-0.2, 0) is 0 Å². The van der Waals surface area contributed by atoms with Crippen molar-refractivity contribution < 1.29 is 5.11 Å². The minimum Gasteiger partial charge on any atom is -0.505 e. The Bertz CT molecular complexity index is 336. The van der Waals surface area contributed by atoms with Crippen molar-refractivity contribution >= 4 is 58.0 Å². The number of halogens is 5. The van der Waals surface area contributed by atoms with Gasteiger partial charge in [-0.2, -0.15) is 0 Å². The molecule has 0 spiro atoms. The van der Waals surface area contributed by atoms with Crippen LogP contribution >= 0.6 is 58.0 Å². The largest absolute Gasteiger partial charge is 0.505 e. The summed E-state index contributed by atoms with van der Waals surface area (Å²) in [6.07, 6.45) is 11.5. The molecule has 0 fully saturated rings. The number of hydrogen-bond donors (Lipinski definition) is 1. The van der Waals surface area contributed by atoms with Gasteiger partial charge in [0.1, 0.15) is 10.0 Å². The molecule has 0 saturated heterocycles. The Morgan fingerprint density at radius 2 is 0.818 bits per heavy atom. The van der Waals surface area contributed by atoms with Gasteiger partial charge in [-0.05, 0) is 0 Å². The summed E-state index contributed by atoms with van der Waals surface area (Å²) in [5.74, 6) is -0.363. The molecule has 22 heavy (non-hydrogen) atoms. The van der Waals surface area contributed by atoms with E-state index >= 15 is 0 Å². The Morgan fingerprint density at radius 3 is 1.14 bits per heavy atom. The van der Waals surface area contributed by atoms with Gasteiger partial charge in [-0.3, -0.25) is 0 Å². The highest BCUT2D eigenvalue weighted by Gasteiger charge is 2.18. The van der Waals surface area contributed by atoms with Gasteiger partial charge < -0.3 is 5.11 Å². The molecule has 1 rings (SSSR count). The Kier molecular flexibility index (Phi) is 13.1. The average molecular weight is 409 g/mol. The fourth-order valence-corrected chi connectivity index (χ4v) is 2.93. The van der Waals surface area contributed by atoms with Crippen molar-refractivity contribution in [2.75, 3.05) is 0 Å². The first kappa shape index (κ1) is 22.5. The highest BCUT2D eigenvalue weighted by molar-refractivity contribution is 6.55. The van der Waals surface area contributed by atoms with E-state index in [-0.39, 0.29) is 30.9 Å². The summed E-state index contributed by atoms with van der Waals surface area (Å²) < 4.78 is 0. The van der Waals surface area contributed by atoms with E-state index in [1.54, 1.807) is 0 Å². The first-order valence-corrected chi connectivity index (χ1v) is 9.47. The second kappa shape index (κ2) is 12.8. The molecule has 0 radical (unpaired) electrons. The van der Waals surface area contributed by atoms with Crippen LogP contribution in [0.15, 0.2) is 0 Å². The summed E-state index contributed by atoms with van der Waals surface area (Å²) in [5, 5.41) is 9.01. The van der Waals surface area contributed by atoms with Crippen molar-refractivity contribution in [2.24, 2.45) is 0 Å². The molecule has 6 heteroatoms. The highest BCUT2D eigenvalue weighted by atomic mass is 35.5. The lowest BCUT2D eigenvalue weighted by Gasteiger charge is -2.06. The molecule has 0 aliphatic heterocycles. The third-order valence-electron chi connectivity index (χ3n) is 3.14. The summed E-state index contributed by atoms with van der Waals surface area (Å²) in [5.41, 5.74) is 0. The van der Waals surface area contributed by atoms with Crippen LogP contribution in [0.4, 0.5) is 0 Å². The maximum atomic E-state index is 9.20. The molecular weight excluding hydrogens is 385 g/mol. The fourth-order valence-electron chi connectivity index (χ4n) is 1.80. The number of hydrogen-bond acceptors (Lipinski definition) is 1. The monoisotopic (exact) mass is 406 g/mol. The van der Waals surface area contributed by atoms with Gasteiger partial charge in [0.15, 0.2) is 5.75 Å². The van der Waals surface area contributed by atoms with E-state index in [4.69, 9.17) is 58.0 Å². The van der Waals surface area contributed by atoms with Crippen molar-refractivity contribution in [1.82, 2.24) is 0 Å². The van der Waals surface area contributed by atoms with E-state index in [2.05, 4.69) is 13.8 Å². The average Bonchev–Trinajstić information content (AvgIpc) is 2.53. The molecule has 1 N–H and O–H groups in total. The van der Waals surface area contributed by atoms with Crippen molar-refractivity contribution in [3.05, 3.63) is 25.1 Å². The zero-order valence-corrected chi connectivity index (χ0v) is 16.8. The van der Waals surface area contributed by atoms with Crippen LogP contribution in [0.5, 0.6) is 5.75 Å². The van der Waals surface area contributed by atoms with Crippen LogP contribution in [0.25, 0.3) is 0 Å². The molecule has 0 aromatic heterocycles. The second-order valence-electron chi connectivity index (χ2n) is 5.04. The van der Waals surface area contributed by atoms with Crippen molar-refractivity contribution in [2.45, 2.75) is 65.2 Å². The zero-order valence-electron chi connectivity index (χ0n) is 13.0. The summed E-state index contributed by atoms with van der Waals surface area (Å²) in [4.78, 5) is 0. The summed E-state index contributed by atoms with van der Waals surface area (Å²) in [7, 11) is 0. The topological polar surface area (TPSA) is 20.2 Å². The van der Waals surface area contributed by atoms with E-state index in [1.807, 2.05) is 0 Å². The van der Waals surface area contributed by atoms with Gasteiger partial charge in [-0.15, -0.1) is 0 Å². The van der Waals surface area contributed by atoms with Gasteiger partial charge in [0.05, 0.1) is 15.1 Å². The number of phenolic OH excluding ortho intramolecular Hbond substituents is 1. The first-order valence-electron chi connectivity index (χ1n) is 7.58. The van der Waals surface area contributed by atoms with E-state index in [1.165, 1.54) is 51.4 Å². The van der Waals surface area contributed by atoms with Gasteiger partial charge in [0.2, 0.25) is 0 Å². The van der Waals surface area contributed by atoms with Gasteiger partial charge in [0.25, 0.3) is 0 Å². The van der Waals surface area contributed by atoms with Crippen molar-refractivity contribution in [3.8, 4) is 5.75 Å². The number of rotatable bonds is 7. The minimum absolute atomic E-state index is 0.00904. The Morgan fingerprint density at radius 1 is 0.545 bits per heavy atom. The van der Waals surface area contributed by atoms with Crippen LogP contribution in [-0.4, -0.2) is 5.11 Å². The molecule has 0 atom stereocenters. The van der Waals surface area contributed by atoms with Crippen LogP contribution in [0.3, 0.4) is 0 Å². The van der Waals surface area contributed by atoms with E-state index in [0.717, 1.165) is 0 Å². The van der Waals surface area contributed by atoms with Gasteiger partial charge >= 0.3 is 0 Å². The lowest BCUT2D eigenvalue weighted by molar-refractivity contribution is 0.476. The Labute approximate surface area is 158 Å². The van der Waals surface area contributed by atoms with Crippen LogP contribution in [0.2, 0.25) is 25.1 Å². The molecule has 0 aliphatic rings. The van der Waals surface area contributed by atoms with E-state index in [9.17, 15) is 5.11 Å². The van der Waals surface area contributed by atoms with Crippen molar-refractivity contribution in [1.29, 1.82) is 0 Å². The van der Waals surface area contributed by atoms with Crippen molar-refractivity contribution in [3.63, 3.8) is 0 Å². The second-order valence-corrected chi connectivity index (χ2v) is 6.93. The molecule has 0 saturated carbocycles. The Hall–Kier alpha value is 0.470. The molecule has 0 bridgehead atoms. The minimum atomic E-state index is -0.363. The molecular formula is C16H23Cl5O. The maximum absolute atomic E-state index is 9.20. The fraction of sp³-hybridized carbons (Fsp3) is 0.625. The highest BCUT2D eigenvalue weighted by Crippen LogP contribution is 2.47. The third kappa shape index (κ3) is 7.84. The SMILES string of the molecule is CCCCCCCCCC.Oc1c(Cl)c(Cl)c(Cl)c(Cl)c1Cl. The number of unbranched alkanes of at least 4 members (excludes halogenated alkanes) is 7. The maximum Gasteiger partial charge on any atom is 0.155 e. The van der Waals surface area contributed by atoms with Gasteiger partial charge in [0, 0.05) is 0 Å². The summed E-state index contributed by atoms with van der Waals surface area (Å²) in [6.45, 7) is 4.54. The first-order chi connectivity index (χ1) is 10.4. The van der Waals surface area contributed by atoms with Gasteiger partial charge in [-0.25, -0.2) is 0 Å². The smallest absolute Gasteiger partial charge is 0.155 e. The standard InChI is InChI=1S/C10H22.C6HCl5O/c1-3-5-7-9-10-8-6-4-2;7-1-2(8)4(10)6(12)5(11)3(1)9/h3-10H2,1-2H3;12H. The third-order valence-corrected chi connectivity index (χ3v) is 5.40. The number of phenols is 1.